The standard InChI is InChI=1S/C11H12N4O4S/c12-8-1-2-9(11(16)17)10(3-8)20(18,19)15-6-7-4-13-14-5-7/h1-5,15H,6,12H2,(H,13,14)(H,16,17). The number of hydrogen-bond acceptors (Lipinski definition) is 5. The number of aromatic nitrogens is 2. The molecule has 20 heavy (non-hydrogen) atoms. The summed E-state index contributed by atoms with van der Waals surface area (Å²) in [6.45, 7) is -0.00725. The molecule has 8 nitrogen and oxygen atoms in total. The van der Waals surface area contributed by atoms with E-state index in [-0.39, 0.29) is 22.7 Å². The zero-order chi connectivity index (χ0) is 14.8. The van der Waals surface area contributed by atoms with Gasteiger partial charge in [0, 0.05) is 24.0 Å². The van der Waals surface area contributed by atoms with Gasteiger partial charge >= 0.3 is 5.97 Å². The molecular weight excluding hydrogens is 284 g/mol. The predicted molar refractivity (Wildman–Crippen MR) is 70.4 cm³/mol. The van der Waals surface area contributed by atoms with E-state index in [1.54, 1.807) is 0 Å². The zero-order valence-corrected chi connectivity index (χ0v) is 11.0. The molecule has 1 heterocycles. The lowest BCUT2D eigenvalue weighted by molar-refractivity contribution is 0.0692. The van der Waals surface area contributed by atoms with E-state index in [0.29, 0.717) is 5.56 Å². The number of nitrogens with one attached hydrogen (secondary N) is 2. The molecule has 106 valence electrons. The van der Waals surface area contributed by atoms with Gasteiger partial charge in [0.2, 0.25) is 10.0 Å². The van der Waals surface area contributed by atoms with E-state index in [4.69, 9.17) is 10.8 Å². The second-order valence-corrected chi connectivity index (χ2v) is 5.73. The summed E-state index contributed by atoms with van der Waals surface area (Å²) >= 11 is 0. The topological polar surface area (TPSA) is 138 Å². The van der Waals surface area contributed by atoms with Gasteiger partial charge in [0.1, 0.15) is 0 Å². The first-order valence-electron chi connectivity index (χ1n) is 5.50. The van der Waals surface area contributed by atoms with Crippen LogP contribution in [-0.4, -0.2) is 29.7 Å². The van der Waals surface area contributed by atoms with Crippen LogP contribution in [0.25, 0.3) is 0 Å². The maximum Gasteiger partial charge on any atom is 0.337 e. The summed E-state index contributed by atoms with van der Waals surface area (Å²) < 4.78 is 26.6. The normalized spacial score (nSPS) is 11.4. The van der Waals surface area contributed by atoms with E-state index >= 15 is 0 Å². The third-order valence-electron chi connectivity index (χ3n) is 2.55. The summed E-state index contributed by atoms with van der Waals surface area (Å²) in [5.41, 5.74) is 5.97. The van der Waals surface area contributed by atoms with Crippen LogP contribution in [0.2, 0.25) is 0 Å². The van der Waals surface area contributed by atoms with Crippen molar-refractivity contribution in [2.24, 2.45) is 0 Å². The SMILES string of the molecule is Nc1ccc(C(=O)O)c(S(=O)(=O)NCc2cn[nH]c2)c1. The summed E-state index contributed by atoms with van der Waals surface area (Å²) in [7, 11) is -3.99. The Bertz CT molecular complexity index is 725. The summed E-state index contributed by atoms with van der Waals surface area (Å²) in [6, 6.07) is 3.60. The van der Waals surface area contributed by atoms with Crippen molar-refractivity contribution in [3.63, 3.8) is 0 Å². The Morgan fingerprint density at radius 2 is 2.20 bits per heavy atom. The minimum atomic E-state index is -3.99. The van der Waals surface area contributed by atoms with Crippen LogP contribution in [-0.2, 0) is 16.6 Å². The van der Waals surface area contributed by atoms with Crippen molar-refractivity contribution in [1.82, 2.24) is 14.9 Å². The number of nitrogens with two attached hydrogens (primary N) is 1. The monoisotopic (exact) mass is 296 g/mol. The number of sulfonamides is 1. The Morgan fingerprint density at radius 1 is 1.45 bits per heavy atom. The van der Waals surface area contributed by atoms with Gasteiger partial charge in [0.15, 0.2) is 0 Å². The van der Waals surface area contributed by atoms with Gasteiger partial charge in [-0.1, -0.05) is 0 Å². The molecule has 1 aromatic carbocycles. The Balaban J connectivity index is 2.33. The highest BCUT2D eigenvalue weighted by molar-refractivity contribution is 7.89. The van der Waals surface area contributed by atoms with Crippen LogP contribution in [0.15, 0.2) is 35.5 Å². The summed E-state index contributed by atoms with van der Waals surface area (Å²) in [6.07, 6.45) is 2.99. The quantitative estimate of drug-likeness (QED) is 0.580. The number of anilines is 1. The van der Waals surface area contributed by atoms with Crippen LogP contribution in [0.4, 0.5) is 5.69 Å². The second kappa shape index (κ2) is 5.31. The molecule has 0 bridgehead atoms. The molecule has 0 saturated carbocycles. The fourth-order valence-electron chi connectivity index (χ4n) is 1.57. The fourth-order valence-corrected chi connectivity index (χ4v) is 2.82. The van der Waals surface area contributed by atoms with Gasteiger partial charge in [0.25, 0.3) is 0 Å². The lowest BCUT2D eigenvalue weighted by Gasteiger charge is -2.09. The van der Waals surface area contributed by atoms with Gasteiger partial charge in [-0.15, -0.1) is 0 Å². The molecule has 0 fully saturated rings. The number of carboxylic acids is 1. The third-order valence-corrected chi connectivity index (χ3v) is 3.99. The van der Waals surface area contributed by atoms with Crippen molar-refractivity contribution in [2.75, 3.05) is 5.73 Å². The van der Waals surface area contributed by atoms with Gasteiger partial charge < -0.3 is 10.8 Å². The summed E-state index contributed by atoms with van der Waals surface area (Å²) in [5, 5.41) is 15.3. The number of aromatic amines is 1. The number of carbonyl (C=O) groups is 1. The van der Waals surface area contributed by atoms with E-state index in [9.17, 15) is 13.2 Å². The molecular formula is C11H12N4O4S. The molecule has 2 aromatic rings. The van der Waals surface area contributed by atoms with Gasteiger partial charge in [-0.3, -0.25) is 5.10 Å². The molecule has 0 aliphatic heterocycles. The lowest BCUT2D eigenvalue weighted by atomic mass is 10.2. The van der Waals surface area contributed by atoms with Crippen LogP contribution in [0.5, 0.6) is 0 Å². The molecule has 0 unspecified atom stereocenters. The second-order valence-electron chi connectivity index (χ2n) is 3.99. The number of carboxylic acid groups (broad SMARTS) is 1. The number of benzene rings is 1. The minimum Gasteiger partial charge on any atom is -0.478 e. The van der Waals surface area contributed by atoms with Crippen LogP contribution < -0.4 is 10.5 Å². The number of aromatic carboxylic acids is 1. The lowest BCUT2D eigenvalue weighted by Crippen LogP contribution is -2.25. The Hall–Kier alpha value is -2.39. The van der Waals surface area contributed by atoms with Gasteiger partial charge in [-0.25, -0.2) is 17.9 Å². The highest BCUT2D eigenvalue weighted by atomic mass is 32.2. The van der Waals surface area contributed by atoms with Crippen LogP contribution >= 0.6 is 0 Å². The van der Waals surface area contributed by atoms with Crippen molar-refractivity contribution < 1.29 is 18.3 Å². The van der Waals surface area contributed by atoms with Crippen molar-refractivity contribution in [1.29, 1.82) is 0 Å². The highest BCUT2D eigenvalue weighted by Gasteiger charge is 2.22. The van der Waals surface area contributed by atoms with Crippen molar-refractivity contribution >= 4 is 21.7 Å². The number of hydrogen-bond donors (Lipinski definition) is 4. The number of rotatable bonds is 5. The zero-order valence-electron chi connectivity index (χ0n) is 10.2. The van der Waals surface area contributed by atoms with E-state index < -0.39 is 16.0 Å². The molecule has 0 amide bonds. The Labute approximate surface area is 114 Å². The molecule has 2 rings (SSSR count). The predicted octanol–water partition coefficient (Wildman–Crippen LogP) is 0.169. The summed E-state index contributed by atoms with van der Waals surface area (Å²) in [4.78, 5) is 10.7. The molecule has 1 aromatic heterocycles. The minimum absolute atomic E-state index is 0.00725. The first-order chi connectivity index (χ1) is 9.40. The first-order valence-corrected chi connectivity index (χ1v) is 6.98. The number of nitrogens with zero attached hydrogens (tertiary/aromatic N) is 1. The van der Waals surface area contributed by atoms with E-state index in [0.717, 1.165) is 12.1 Å². The molecule has 9 heteroatoms. The third kappa shape index (κ3) is 2.95. The Kier molecular flexibility index (Phi) is 3.72. The van der Waals surface area contributed by atoms with E-state index in [1.807, 2.05) is 0 Å². The van der Waals surface area contributed by atoms with E-state index in [2.05, 4.69) is 14.9 Å². The van der Waals surface area contributed by atoms with Gasteiger partial charge in [-0.05, 0) is 18.2 Å². The van der Waals surface area contributed by atoms with E-state index in [1.165, 1.54) is 18.5 Å². The van der Waals surface area contributed by atoms with Gasteiger partial charge in [0.05, 0.1) is 16.7 Å². The average molecular weight is 296 g/mol. The number of nitrogen functional groups attached to an aromatic ring is 1. The van der Waals surface area contributed by atoms with Gasteiger partial charge in [-0.2, -0.15) is 5.10 Å². The molecule has 0 atom stereocenters. The molecule has 0 radical (unpaired) electrons. The average Bonchev–Trinajstić information content (AvgIpc) is 2.89. The largest absolute Gasteiger partial charge is 0.478 e. The van der Waals surface area contributed by atoms with Crippen LogP contribution in [0.1, 0.15) is 15.9 Å². The molecule has 0 aliphatic rings. The smallest absolute Gasteiger partial charge is 0.337 e. The molecule has 0 spiro atoms. The maximum absolute atomic E-state index is 12.1. The van der Waals surface area contributed by atoms with Crippen LogP contribution in [0, 0.1) is 0 Å². The van der Waals surface area contributed by atoms with Crippen molar-refractivity contribution in [2.45, 2.75) is 11.4 Å². The molecule has 0 saturated heterocycles. The summed E-state index contributed by atoms with van der Waals surface area (Å²) in [5.74, 6) is -1.34. The fraction of sp³-hybridized carbons (Fsp3) is 0.0909. The molecule has 5 N–H and O–H groups in total. The van der Waals surface area contributed by atoms with Crippen molar-refractivity contribution in [3.05, 3.63) is 41.7 Å². The highest BCUT2D eigenvalue weighted by Crippen LogP contribution is 2.19. The first kappa shape index (κ1) is 14.0. The van der Waals surface area contributed by atoms with Crippen molar-refractivity contribution in [3.8, 4) is 0 Å². The number of H-pyrrole nitrogens is 1. The molecule has 0 aliphatic carbocycles. The Morgan fingerprint density at radius 3 is 2.80 bits per heavy atom. The van der Waals surface area contributed by atoms with Crippen LogP contribution in [0.3, 0.4) is 0 Å². The maximum atomic E-state index is 12.1.